The maximum atomic E-state index is 10.5. The van der Waals surface area contributed by atoms with E-state index in [2.05, 4.69) is 40.7 Å². The molecule has 6 nitrogen and oxygen atoms in total. The van der Waals surface area contributed by atoms with Gasteiger partial charge in [-0.25, -0.2) is 0 Å². The van der Waals surface area contributed by atoms with E-state index in [1.807, 2.05) is 0 Å². The third-order valence-corrected chi connectivity index (χ3v) is 12.4. The molecule has 0 amide bonds. The zero-order valence-corrected chi connectivity index (χ0v) is 25.1. The van der Waals surface area contributed by atoms with Gasteiger partial charge in [-0.15, -0.1) is 0 Å². The van der Waals surface area contributed by atoms with Crippen LogP contribution < -0.4 is 0 Å². The fourth-order valence-corrected chi connectivity index (χ4v) is 10.1. The lowest BCUT2D eigenvalue weighted by Crippen LogP contribution is -2.60. The number of aliphatic hydroxyl groups excluding tert-OH is 4. The number of aliphatic hydroxyl groups is 4. The third-order valence-electron chi connectivity index (χ3n) is 12.4. The molecule has 1 aliphatic heterocycles. The van der Waals surface area contributed by atoms with Crippen LogP contribution in [0.2, 0.25) is 0 Å². The minimum Gasteiger partial charge on any atom is -0.394 e. The van der Waals surface area contributed by atoms with Crippen molar-refractivity contribution in [3.05, 3.63) is 11.6 Å². The molecular weight excluding hydrogens is 492 g/mol. The molecule has 4 aliphatic carbocycles. The summed E-state index contributed by atoms with van der Waals surface area (Å²) in [5.74, 6) is 4.87. The zero-order valence-electron chi connectivity index (χ0n) is 25.1. The summed E-state index contributed by atoms with van der Waals surface area (Å²) in [5.41, 5.74) is 2.20. The number of fused-ring (bicyclic) bond motifs is 5. The Hall–Kier alpha value is -0.500. The van der Waals surface area contributed by atoms with Gasteiger partial charge in [0.15, 0.2) is 6.29 Å². The summed E-state index contributed by atoms with van der Waals surface area (Å²) in [6, 6.07) is 0. The SMILES string of the molecule is CC(C)CCC[C@@H](C)[C@H]1CC[C@H]2[C@@H]3CC=C4C[C@@H](OC5O[C@H](CO)[C@@H](O)[C@H](O)[C@H]5O)CC[C@]4(C)[C@H]3CC[C@]12C. The van der Waals surface area contributed by atoms with Gasteiger partial charge in [-0.3, -0.25) is 0 Å². The Morgan fingerprint density at radius 1 is 0.949 bits per heavy atom. The van der Waals surface area contributed by atoms with Crippen LogP contribution in [0.4, 0.5) is 0 Å². The average Bonchev–Trinajstić information content (AvgIpc) is 3.26. The van der Waals surface area contributed by atoms with Crippen LogP contribution in [-0.2, 0) is 9.47 Å². The van der Waals surface area contributed by atoms with Crippen LogP contribution in [0.5, 0.6) is 0 Å². The predicted molar refractivity (Wildman–Crippen MR) is 152 cm³/mol. The predicted octanol–water partition coefficient (Wildman–Crippen LogP) is 5.21. The van der Waals surface area contributed by atoms with Gasteiger partial charge in [0.25, 0.3) is 0 Å². The number of allylic oxidation sites excluding steroid dienone is 1. The fraction of sp³-hybridized carbons (Fsp3) is 0.939. The molecule has 4 N–H and O–H groups in total. The van der Waals surface area contributed by atoms with Crippen LogP contribution >= 0.6 is 0 Å². The normalized spacial score (nSPS) is 48.7. The summed E-state index contributed by atoms with van der Waals surface area (Å²) >= 11 is 0. The topological polar surface area (TPSA) is 99.4 Å². The third kappa shape index (κ3) is 5.41. The van der Waals surface area contributed by atoms with Gasteiger partial charge in [0.2, 0.25) is 0 Å². The Morgan fingerprint density at radius 3 is 2.44 bits per heavy atom. The first-order valence-electron chi connectivity index (χ1n) is 16.1. The number of rotatable bonds is 8. The molecule has 0 spiro atoms. The molecule has 0 aromatic carbocycles. The van der Waals surface area contributed by atoms with Crippen LogP contribution in [0.3, 0.4) is 0 Å². The fourth-order valence-electron chi connectivity index (χ4n) is 10.1. The molecule has 1 unspecified atom stereocenters. The molecule has 1 saturated heterocycles. The Morgan fingerprint density at radius 2 is 1.72 bits per heavy atom. The first-order valence-corrected chi connectivity index (χ1v) is 16.1. The van der Waals surface area contributed by atoms with Crippen molar-refractivity contribution in [3.63, 3.8) is 0 Å². The summed E-state index contributed by atoms with van der Waals surface area (Å²) < 4.78 is 11.9. The van der Waals surface area contributed by atoms with Crippen molar-refractivity contribution < 1.29 is 29.9 Å². The molecule has 5 aliphatic rings. The first kappa shape index (κ1) is 30.0. The molecule has 4 fully saturated rings. The first-order chi connectivity index (χ1) is 18.5. The summed E-state index contributed by atoms with van der Waals surface area (Å²) in [4.78, 5) is 0. The Bertz CT molecular complexity index is 872. The molecule has 0 radical (unpaired) electrons. The Labute approximate surface area is 236 Å². The van der Waals surface area contributed by atoms with E-state index in [9.17, 15) is 20.4 Å². The van der Waals surface area contributed by atoms with Crippen LogP contribution in [0.1, 0.15) is 105 Å². The average molecular weight is 549 g/mol. The van der Waals surface area contributed by atoms with Gasteiger partial charge in [0.05, 0.1) is 12.7 Å². The summed E-state index contributed by atoms with van der Waals surface area (Å²) in [7, 11) is 0. The molecule has 1 heterocycles. The van der Waals surface area contributed by atoms with Crippen molar-refractivity contribution in [3.8, 4) is 0 Å². The van der Waals surface area contributed by atoms with Crippen LogP contribution in [0, 0.1) is 46.3 Å². The Kier molecular flexibility index (Phi) is 8.95. The van der Waals surface area contributed by atoms with E-state index in [0.717, 1.165) is 54.8 Å². The van der Waals surface area contributed by atoms with Crippen LogP contribution in [0.25, 0.3) is 0 Å². The van der Waals surface area contributed by atoms with E-state index in [-0.39, 0.29) is 11.5 Å². The summed E-state index contributed by atoms with van der Waals surface area (Å²) in [6.07, 6.45) is 9.98. The standard InChI is InChI=1S/C33H56O6/c1-19(2)7-6-8-20(3)24-11-12-25-23-10-9-21-17-22(13-15-32(21,4)26(23)14-16-33(24,25)5)38-31-30(37)29(36)28(35)27(18-34)39-31/h9,19-20,22-31,34-37H,6-8,10-18H2,1-5H3/t20-,22+,23+,24-,25+,26+,27-,28-,29+,30-,31?,32+,33-/m1/s1. The van der Waals surface area contributed by atoms with E-state index in [4.69, 9.17) is 9.47 Å². The maximum Gasteiger partial charge on any atom is 0.186 e. The Balaban J connectivity index is 1.24. The van der Waals surface area contributed by atoms with Gasteiger partial charge >= 0.3 is 0 Å². The molecule has 0 aromatic rings. The van der Waals surface area contributed by atoms with E-state index in [1.165, 1.54) is 56.9 Å². The van der Waals surface area contributed by atoms with Crippen molar-refractivity contribution >= 4 is 0 Å². The molecule has 13 atom stereocenters. The second-order valence-corrected chi connectivity index (χ2v) is 15.0. The van der Waals surface area contributed by atoms with Crippen molar-refractivity contribution in [2.24, 2.45) is 46.3 Å². The largest absolute Gasteiger partial charge is 0.394 e. The lowest BCUT2D eigenvalue weighted by atomic mass is 9.47. The highest BCUT2D eigenvalue weighted by molar-refractivity contribution is 5.25. The highest BCUT2D eigenvalue weighted by Gasteiger charge is 2.59. The quantitative estimate of drug-likeness (QED) is 0.311. The highest BCUT2D eigenvalue weighted by atomic mass is 16.7. The van der Waals surface area contributed by atoms with E-state index < -0.39 is 37.3 Å². The van der Waals surface area contributed by atoms with Gasteiger partial charge in [0, 0.05) is 0 Å². The molecule has 3 saturated carbocycles. The van der Waals surface area contributed by atoms with Crippen LogP contribution in [-0.4, -0.2) is 63.8 Å². The van der Waals surface area contributed by atoms with Crippen molar-refractivity contribution in [2.75, 3.05) is 6.61 Å². The van der Waals surface area contributed by atoms with E-state index in [0.29, 0.717) is 5.41 Å². The lowest BCUT2D eigenvalue weighted by Gasteiger charge is -2.58. The van der Waals surface area contributed by atoms with Gasteiger partial charge < -0.3 is 29.9 Å². The highest BCUT2D eigenvalue weighted by Crippen LogP contribution is 2.67. The molecule has 39 heavy (non-hydrogen) atoms. The molecule has 224 valence electrons. The number of hydrogen-bond acceptors (Lipinski definition) is 6. The van der Waals surface area contributed by atoms with Gasteiger partial charge in [-0.2, -0.15) is 0 Å². The minimum atomic E-state index is -1.39. The van der Waals surface area contributed by atoms with Crippen molar-refractivity contribution in [1.82, 2.24) is 0 Å². The van der Waals surface area contributed by atoms with Gasteiger partial charge in [-0.1, -0.05) is 65.5 Å². The molecular formula is C33H56O6. The lowest BCUT2D eigenvalue weighted by molar-refractivity contribution is -0.313. The van der Waals surface area contributed by atoms with E-state index >= 15 is 0 Å². The summed E-state index contributed by atoms with van der Waals surface area (Å²) in [5, 5.41) is 40.3. The summed E-state index contributed by atoms with van der Waals surface area (Å²) in [6.45, 7) is 12.0. The molecule has 5 rings (SSSR count). The minimum absolute atomic E-state index is 0.0984. The zero-order chi connectivity index (χ0) is 28.1. The number of ether oxygens (including phenoxy) is 2. The molecule has 0 bridgehead atoms. The van der Waals surface area contributed by atoms with Gasteiger partial charge in [-0.05, 0) is 97.7 Å². The monoisotopic (exact) mass is 548 g/mol. The maximum absolute atomic E-state index is 10.5. The second-order valence-electron chi connectivity index (χ2n) is 15.0. The van der Waals surface area contributed by atoms with Gasteiger partial charge in [0.1, 0.15) is 24.4 Å². The second kappa shape index (κ2) is 11.6. The number of hydrogen-bond donors (Lipinski definition) is 4. The van der Waals surface area contributed by atoms with Crippen LogP contribution in [0.15, 0.2) is 11.6 Å². The molecule has 0 aromatic heterocycles. The van der Waals surface area contributed by atoms with E-state index in [1.54, 1.807) is 0 Å². The smallest absolute Gasteiger partial charge is 0.186 e. The van der Waals surface area contributed by atoms with Crippen molar-refractivity contribution in [1.29, 1.82) is 0 Å². The van der Waals surface area contributed by atoms with Crippen molar-refractivity contribution in [2.45, 2.75) is 142 Å². The molecule has 6 heteroatoms.